The van der Waals surface area contributed by atoms with E-state index < -0.39 is 0 Å². The number of allylic oxidation sites excluding steroid dienone is 7. The number of hydrogen-bond acceptors (Lipinski definition) is 3. The van der Waals surface area contributed by atoms with Crippen molar-refractivity contribution in [3.05, 3.63) is 127 Å². The van der Waals surface area contributed by atoms with Crippen LogP contribution in [0.2, 0.25) is 0 Å². The van der Waals surface area contributed by atoms with E-state index in [1.807, 2.05) is 62.5 Å². The lowest BCUT2D eigenvalue weighted by molar-refractivity contribution is 1.15. The molecular formula is C32H29N3. The van der Waals surface area contributed by atoms with Gasteiger partial charge in [0.1, 0.15) is 0 Å². The third-order valence-corrected chi connectivity index (χ3v) is 5.82. The van der Waals surface area contributed by atoms with Gasteiger partial charge in [0.15, 0.2) is 5.82 Å². The smallest absolute Gasteiger partial charge is 0.160 e. The van der Waals surface area contributed by atoms with E-state index in [2.05, 4.69) is 79.2 Å². The van der Waals surface area contributed by atoms with E-state index in [0.717, 1.165) is 50.5 Å². The maximum absolute atomic E-state index is 4.93. The first-order valence-electron chi connectivity index (χ1n) is 11.7. The van der Waals surface area contributed by atoms with Crippen LogP contribution in [0.3, 0.4) is 0 Å². The molecule has 0 radical (unpaired) electrons. The maximum atomic E-state index is 4.93. The van der Waals surface area contributed by atoms with E-state index in [4.69, 9.17) is 9.97 Å². The number of hydrogen-bond donors (Lipinski definition) is 0. The lowest BCUT2D eigenvalue weighted by Crippen LogP contribution is -1.97. The van der Waals surface area contributed by atoms with Gasteiger partial charge in [-0.1, -0.05) is 91.6 Å². The molecule has 0 saturated carbocycles. The minimum atomic E-state index is 0.703. The average Bonchev–Trinajstić information content (AvgIpc) is 2.93. The third-order valence-electron chi connectivity index (χ3n) is 5.82. The fraction of sp³-hybridized carbons (Fsp3) is 0.0938. The monoisotopic (exact) mass is 455 g/mol. The highest BCUT2D eigenvalue weighted by Crippen LogP contribution is 2.28. The quantitative estimate of drug-likeness (QED) is 0.262. The van der Waals surface area contributed by atoms with Crippen LogP contribution in [-0.4, -0.2) is 15.0 Å². The van der Waals surface area contributed by atoms with E-state index in [-0.39, 0.29) is 0 Å². The molecule has 0 spiro atoms. The van der Waals surface area contributed by atoms with E-state index in [9.17, 15) is 0 Å². The molecule has 3 nitrogen and oxygen atoms in total. The second-order valence-electron chi connectivity index (χ2n) is 8.21. The second-order valence-corrected chi connectivity index (χ2v) is 8.21. The fourth-order valence-corrected chi connectivity index (χ4v) is 3.63. The summed E-state index contributed by atoms with van der Waals surface area (Å²) in [7, 11) is 0. The van der Waals surface area contributed by atoms with Crippen molar-refractivity contribution in [1.29, 1.82) is 0 Å². The summed E-state index contributed by atoms with van der Waals surface area (Å²) in [5, 5.41) is 0. The molecule has 0 aliphatic carbocycles. The zero-order chi connectivity index (χ0) is 24.6. The first-order chi connectivity index (χ1) is 17.1. The largest absolute Gasteiger partial charge is 0.256 e. The zero-order valence-corrected chi connectivity index (χ0v) is 20.4. The highest BCUT2D eigenvalue weighted by atomic mass is 14.9. The Kier molecular flexibility index (Phi) is 7.59. The number of pyridine rings is 1. The molecule has 0 atom stereocenters. The van der Waals surface area contributed by atoms with Crippen LogP contribution in [0, 0.1) is 0 Å². The van der Waals surface area contributed by atoms with Gasteiger partial charge in [0.25, 0.3) is 0 Å². The molecule has 3 heteroatoms. The topological polar surface area (TPSA) is 38.7 Å². The van der Waals surface area contributed by atoms with Crippen LogP contribution >= 0.6 is 0 Å². The molecule has 0 aliphatic heterocycles. The first-order valence-corrected chi connectivity index (χ1v) is 11.7. The Labute approximate surface area is 208 Å². The molecule has 4 rings (SSSR count). The van der Waals surface area contributed by atoms with Crippen molar-refractivity contribution in [2.75, 3.05) is 0 Å². The van der Waals surface area contributed by atoms with Gasteiger partial charge in [-0.3, -0.25) is 4.98 Å². The van der Waals surface area contributed by atoms with Gasteiger partial charge in [-0.15, -0.1) is 0 Å². The van der Waals surface area contributed by atoms with E-state index >= 15 is 0 Å². The van der Waals surface area contributed by atoms with Crippen LogP contribution in [0.25, 0.3) is 45.0 Å². The standard InChI is InChI=1S/C32H29N3/c1-5-7-8-11-24(4)25-13-19-28(20-14-25)32-34-30(23(3)6-2)22-31(35-32)27-17-15-26(16-18-27)29-12-9-10-21-33-29/h5-22H,4H2,1-3H3/b7-5-,11-8-,23-6+. The summed E-state index contributed by atoms with van der Waals surface area (Å²) < 4.78 is 0. The van der Waals surface area contributed by atoms with Gasteiger partial charge in [-0.05, 0) is 55.7 Å². The summed E-state index contributed by atoms with van der Waals surface area (Å²) in [4.78, 5) is 14.2. The van der Waals surface area contributed by atoms with Gasteiger partial charge >= 0.3 is 0 Å². The summed E-state index contributed by atoms with van der Waals surface area (Å²) in [6, 6.07) is 24.6. The number of nitrogens with zero attached hydrogens (tertiary/aromatic N) is 3. The van der Waals surface area contributed by atoms with Crippen molar-refractivity contribution in [2.45, 2.75) is 20.8 Å². The molecule has 2 aromatic carbocycles. The van der Waals surface area contributed by atoms with Crippen molar-refractivity contribution >= 4 is 11.1 Å². The molecule has 0 fully saturated rings. The SMILES string of the molecule is C=C(/C=C\C=C/C)c1ccc(-c2nc(/C(C)=C/C)cc(-c3ccc(-c4ccccn4)cc3)n2)cc1. The molecule has 4 aromatic rings. The van der Waals surface area contributed by atoms with Crippen LogP contribution in [0.15, 0.2) is 116 Å². The second kappa shape index (κ2) is 11.2. The van der Waals surface area contributed by atoms with E-state index in [1.165, 1.54) is 0 Å². The highest BCUT2D eigenvalue weighted by Gasteiger charge is 2.11. The van der Waals surface area contributed by atoms with Gasteiger partial charge in [0.05, 0.1) is 17.1 Å². The number of aromatic nitrogens is 3. The predicted octanol–water partition coefficient (Wildman–Crippen LogP) is 8.44. The van der Waals surface area contributed by atoms with Crippen molar-refractivity contribution in [3.8, 4) is 33.9 Å². The molecule has 172 valence electrons. The van der Waals surface area contributed by atoms with E-state index in [1.54, 1.807) is 0 Å². The first kappa shape index (κ1) is 23.8. The average molecular weight is 456 g/mol. The van der Waals surface area contributed by atoms with Crippen LogP contribution in [0.5, 0.6) is 0 Å². The Morgan fingerprint density at radius 1 is 0.771 bits per heavy atom. The summed E-state index contributed by atoms with van der Waals surface area (Å²) in [5.41, 5.74) is 8.99. The Balaban J connectivity index is 1.69. The van der Waals surface area contributed by atoms with Crippen molar-refractivity contribution in [2.24, 2.45) is 0 Å². The Morgan fingerprint density at radius 3 is 2.09 bits per heavy atom. The summed E-state index contributed by atoms with van der Waals surface area (Å²) >= 11 is 0. The predicted molar refractivity (Wildman–Crippen MR) is 148 cm³/mol. The summed E-state index contributed by atoms with van der Waals surface area (Å²) in [6.45, 7) is 10.3. The normalized spacial score (nSPS) is 11.9. The van der Waals surface area contributed by atoms with Gasteiger partial charge in [-0.2, -0.15) is 0 Å². The Bertz CT molecular complexity index is 1390. The van der Waals surface area contributed by atoms with Gasteiger partial charge < -0.3 is 0 Å². The highest BCUT2D eigenvalue weighted by molar-refractivity contribution is 5.75. The van der Waals surface area contributed by atoms with Crippen LogP contribution in [0.4, 0.5) is 0 Å². The molecule has 0 unspecified atom stereocenters. The lowest BCUT2D eigenvalue weighted by atomic mass is 10.0. The van der Waals surface area contributed by atoms with Crippen LogP contribution in [0.1, 0.15) is 32.0 Å². The Hall–Kier alpha value is -4.37. The van der Waals surface area contributed by atoms with Crippen LogP contribution in [-0.2, 0) is 0 Å². The van der Waals surface area contributed by atoms with Gasteiger partial charge in [-0.25, -0.2) is 9.97 Å². The Morgan fingerprint density at radius 2 is 1.46 bits per heavy atom. The van der Waals surface area contributed by atoms with Crippen molar-refractivity contribution in [1.82, 2.24) is 15.0 Å². The molecule has 2 aromatic heterocycles. The third kappa shape index (κ3) is 5.77. The summed E-state index contributed by atoms with van der Waals surface area (Å²) in [6.07, 6.45) is 11.9. The number of rotatable bonds is 7. The fourth-order valence-electron chi connectivity index (χ4n) is 3.63. The van der Waals surface area contributed by atoms with E-state index in [0.29, 0.717) is 5.82 Å². The lowest BCUT2D eigenvalue weighted by Gasteiger charge is -2.10. The molecule has 0 saturated heterocycles. The summed E-state index contributed by atoms with van der Waals surface area (Å²) in [5.74, 6) is 0.703. The van der Waals surface area contributed by atoms with Gasteiger partial charge in [0.2, 0.25) is 0 Å². The molecule has 0 N–H and O–H groups in total. The van der Waals surface area contributed by atoms with Crippen LogP contribution < -0.4 is 0 Å². The number of benzene rings is 2. The molecule has 2 heterocycles. The minimum absolute atomic E-state index is 0.703. The zero-order valence-electron chi connectivity index (χ0n) is 20.4. The molecule has 0 bridgehead atoms. The maximum Gasteiger partial charge on any atom is 0.160 e. The molecular weight excluding hydrogens is 426 g/mol. The molecule has 0 aliphatic rings. The van der Waals surface area contributed by atoms with Gasteiger partial charge in [0, 0.05) is 22.9 Å². The molecule has 0 amide bonds. The van der Waals surface area contributed by atoms with Crippen molar-refractivity contribution in [3.63, 3.8) is 0 Å². The molecule has 35 heavy (non-hydrogen) atoms. The van der Waals surface area contributed by atoms with Crippen molar-refractivity contribution < 1.29 is 0 Å². The minimum Gasteiger partial charge on any atom is -0.256 e.